The molecule has 1 aliphatic heterocycles. The van der Waals surface area contributed by atoms with Crippen LogP contribution >= 0.6 is 11.3 Å². The second-order valence-electron chi connectivity index (χ2n) is 8.10. The third kappa shape index (κ3) is 3.86. The van der Waals surface area contributed by atoms with Crippen LogP contribution in [0.15, 0.2) is 58.3 Å². The van der Waals surface area contributed by atoms with E-state index < -0.39 is 35.5 Å². The smallest absolute Gasteiger partial charge is 0.336 e. The summed E-state index contributed by atoms with van der Waals surface area (Å²) in [7, 11) is 3.95. The summed E-state index contributed by atoms with van der Waals surface area (Å²) in [6.07, 6.45) is 0.388. The summed E-state index contributed by atoms with van der Waals surface area (Å²) in [5, 5.41) is 15.2. The normalized spacial score (nSPS) is 22.1. The maximum atomic E-state index is 14.0. The Morgan fingerprint density at radius 3 is 2.53 bits per heavy atom. The number of ketones is 1. The van der Waals surface area contributed by atoms with E-state index in [1.165, 1.54) is 38.7 Å². The number of aromatic hydroxyl groups is 1. The Morgan fingerprint density at radius 2 is 1.91 bits per heavy atom. The largest absolute Gasteiger partial charge is 0.504 e. The van der Waals surface area contributed by atoms with Crippen LogP contribution in [0.3, 0.4) is 0 Å². The molecule has 9 heteroatoms. The highest BCUT2D eigenvalue weighted by Crippen LogP contribution is 2.49. The molecule has 178 valence electrons. The van der Waals surface area contributed by atoms with Crippen LogP contribution in [0.25, 0.3) is 0 Å². The van der Waals surface area contributed by atoms with Gasteiger partial charge in [0.05, 0.1) is 26.9 Å². The maximum Gasteiger partial charge on any atom is 0.336 e. The molecular weight excluding hydrogens is 458 g/mol. The second-order valence-corrected chi connectivity index (χ2v) is 9.08. The molecule has 0 radical (unpaired) electrons. The van der Waals surface area contributed by atoms with Crippen LogP contribution < -0.4 is 10.1 Å². The van der Waals surface area contributed by atoms with Crippen molar-refractivity contribution in [2.75, 3.05) is 21.3 Å². The number of Topliss-reactive ketones (excluding diaryl/α,β-unsaturated/α-hetero) is 1. The van der Waals surface area contributed by atoms with Crippen molar-refractivity contribution in [3.63, 3.8) is 0 Å². The second kappa shape index (κ2) is 9.34. The summed E-state index contributed by atoms with van der Waals surface area (Å²) in [4.78, 5) is 40.6. The van der Waals surface area contributed by atoms with Gasteiger partial charge in [-0.15, -0.1) is 11.3 Å². The van der Waals surface area contributed by atoms with Gasteiger partial charge in [0.1, 0.15) is 5.92 Å². The fraction of sp³-hybridized carbons (Fsp3) is 0.320. The van der Waals surface area contributed by atoms with E-state index in [4.69, 9.17) is 14.2 Å². The first-order valence-corrected chi connectivity index (χ1v) is 11.5. The molecule has 0 fully saturated rings. The highest BCUT2D eigenvalue weighted by atomic mass is 32.1. The van der Waals surface area contributed by atoms with Crippen molar-refractivity contribution in [1.29, 1.82) is 0 Å². The summed E-state index contributed by atoms with van der Waals surface area (Å²) in [6, 6.07) is 8.43. The number of nitrogens with one attached hydrogen (secondary N) is 1. The van der Waals surface area contributed by atoms with Crippen LogP contribution in [0.4, 0.5) is 0 Å². The lowest BCUT2D eigenvalue weighted by Crippen LogP contribution is -2.43. The molecular formula is C25H25NO7S. The predicted octanol–water partition coefficient (Wildman–Crippen LogP) is 3.40. The molecule has 1 aromatic heterocycles. The first-order valence-electron chi connectivity index (χ1n) is 10.6. The zero-order valence-electron chi connectivity index (χ0n) is 19.2. The zero-order valence-corrected chi connectivity index (χ0v) is 20.0. The Morgan fingerprint density at radius 1 is 1.15 bits per heavy atom. The lowest BCUT2D eigenvalue weighted by molar-refractivity contribution is -0.149. The summed E-state index contributed by atoms with van der Waals surface area (Å²) in [5.74, 6) is -3.78. The van der Waals surface area contributed by atoms with Crippen LogP contribution in [0.1, 0.15) is 35.6 Å². The van der Waals surface area contributed by atoms with Crippen LogP contribution in [-0.4, -0.2) is 44.2 Å². The third-order valence-electron chi connectivity index (χ3n) is 6.33. The van der Waals surface area contributed by atoms with Gasteiger partial charge < -0.3 is 24.6 Å². The summed E-state index contributed by atoms with van der Waals surface area (Å²) in [5.41, 5.74) is 2.31. The average Bonchev–Trinajstić information content (AvgIpc) is 3.37. The molecule has 0 bridgehead atoms. The molecule has 1 aliphatic carbocycles. The number of esters is 2. The van der Waals surface area contributed by atoms with Gasteiger partial charge in [-0.1, -0.05) is 12.1 Å². The van der Waals surface area contributed by atoms with Gasteiger partial charge in [-0.2, -0.15) is 0 Å². The molecule has 4 rings (SSSR count). The van der Waals surface area contributed by atoms with Gasteiger partial charge in [-0.25, -0.2) is 4.79 Å². The number of dihydropyridines is 1. The number of hydrogen-bond donors (Lipinski definition) is 2. The van der Waals surface area contributed by atoms with E-state index in [-0.39, 0.29) is 17.1 Å². The van der Waals surface area contributed by atoms with Crippen molar-refractivity contribution in [3.05, 3.63) is 68.7 Å². The van der Waals surface area contributed by atoms with Crippen LogP contribution in [0, 0.1) is 5.92 Å². The molecule has 8 nitrogen and oxygen atoms in total. The Bertz CT molecular complexity index is 1210. The molecule has 2 aliphatic rings. The molecule has 0 spiro atoms. The quantitative estimate of drug-likeness (QED) is 0.492. The minimum atomic E-state index is -1.05. The monoisotopic (exact) mass is 483 g/mol. The van der Waals surface area contributed by atoms with Gasteiger partial charge in [0.2, 0.25) is 0 Å². The van der Waals surface area contributed by atoms with E-state index in [0.717, 1.165) is 4.88 Å². The summed E-state index contributed by atoms with van der Waals surface area (Å²) < 4.78 is 15.3. The minimum absolute atomic E-state index is 0.0742. The molecule has 0 amide bonds. The lowest BCUT2D eigenvalue weighted by atomic mass is 9.68. The Labute approximate surface area is 200 Å². The highest BCUT2D eigenvalue weighted by Gasteiger charge is 2.49. The van der Waals surface area contributed by atoms with Crippen molar-refractivity contribution < 1.29 is 33.7 Å². The van der Waals surface area contributed by atoms with Crippen molar-refractivity contribution >= 4 is 29.1 Å². The van der Waals surface area contributed by atoms with E-state index in [0.29, 0.717) is 29.0 Å². The van der Waals surface area contributed by atoms with Gasteiger partial charge in [0.25, 0.3) is 0 Å². The Balaban J connectivity index is 1.93. The number of carbonyl (C=O) groups is 3. The Hall–Kier alpha value is -3.59. The van der Waals surface area contributed by atoms with Crippen molar-refractivity contribution in [2.24, 2.45) is 5.92 Å². The number of methoxy groups -OCH3 is 3. The summed E-state index contributed by atoms with van der Waals surface area (Å²) in [6.45, 7) is 1.75. The van der Waals surface area contributed by atoms with Crippen LogP contribution in [-0.2, 0) is 23.9 Å². The number of hydrogen-bond acceptors (Lipinski definition) is 9. The van der Waals surface area contributed by atoms with E-state index in [1.54, 1.807) is 19.1 Å². The molecule has 2 heterocycles. The van der Waals surface area contributed by atoms with Crippen molar-refractivity contribution in [3.8, 4) is 11.5 Å². The molecule has 2 N–H and O–H groups in total. The first kappa shape index (κ1) is 23.6. The van der Waals surface area contributed by atoms with Gasteiger partial charge in [0, 0.05) is 33.7 Å². The molecule has 0 saturated heterocycles. The lowest BCUT2D eigenvalue weighted by Gasteiger charge is -2.39. The number of thiophene rings is 1. The van der Waals surface area contributed by atoms with Gasteiger partial charge in [-0.05, 0) is 42.5 Å². The van der Waals surface area contributed by atoms with Crippen molar-refractivity contribution in [1.82, 2.24) is 5.32 Å². The number of phenolic OH excluding ortho intramolecular Hbond substituents is 1. The predicted molar refractivity (Wildman–Crippen MR) is 124 cm³/mol. The van der Waals surface area contributed by atoms with E-state index in [2.05, 4.69) is 5.32 Å². The average molecular weight is 484 g/mol. The standard InChI is InChI=1S/C25H25NO7S/c1-12-19(24(29)32-3)20(13-7-8-16(27)17(10-13)31-2)22-15(26-12)11-14(18-6-5-9-34-18)21(23(22)28)25(30)33-4/h5-10,14,20-21,26-27H,11H2,1-4H3/t14-,20-,21-/m0/s1. The molecule has 0 saturated carbocycles. The fourth-order valence-electron chi connectivity index (χ4n) is 4.79. The fourth-order valence-corrected chi connectivity index (χ4v) is 5.66. The van der Waals surface area contributed by atoms with Crippen LogP contribution in [0.2, 0.25) is 0 Å². The topological polar surface area (TPSA) is 111 Å². The number of ether oxygens (including phenoxy) is 3. The van der Waals surface area contributed by atoms with E-state index in [9.17, 15) is 19.5 Å². The molecule has 34 heavy (non-hydrogen) atoms. The Kier molecular flexibility index (Phi) is 6.47. The highest BCUT2D eigenvalue weighted by molar-refractivity contribution is 7.10. The molecule has 3 atom stereocenters. The maximum absolute atomic E-state index is 14.0. The number of benzene rings is 1. The van der Waals surface area contributed by atoms with Crippen LogP contribution in [0.5, 0.6) is 11.5 Å². The number of rotatable bonds is 5. The SMILES string of the molecule is COC(=O)C1=C(C)NC2=C(C(=O)[C@@H](C(=O)OC)[C@H](c3cccs3)C2)[C@H]1c1ccc(O)c(OC)c1. The number of carbonyl (C=O) groups excluding carboxylic acids is 3. The molecule has 0 unspecified atom stereocenters. The number of allylic oxidation sites excluding steroid dienone is 3. The third-order valence-corrected chi connectivity index (χ3v) is 7.33. The molecule has 1 aromatic carbocycles. The van der Waals surface area contributed by atoms with E-state index in [1.807, 2.05) is 17.5 Å². The zero-order chi connectivity index (χ0) is 24.6. The van der Waals surface area contributed by atoms with Gasteiger partial charge >= 0.3 is 11.9 Å². The molecule has 2 aromatic rings. The first-order chi connectivity index (χ1) is 16.3. The van der Waals surface area contributed by atoms with Gasteiger partial charge in [0.15, 0.2) is 17.3 Å². The van der Waals surface area contributed by atoms with Crippen molar-refractivity contribution in [2.45, 2.75) is 25.2 Å². The number of phenols is 1. The summed E-state index contributed by atoms with van der Waals surface area (Å²) >= 11 is 1.48. The minimum Gasteiger partial charge on any atom is -0.504 e. The van der Waals surface area contributed by atoms with E-state index >= 15 is 0 Å². The van der Waals surface area contributed by atoms with Gasteiger partial charge in [-0.3, -0.25) is 9.59 Å².